The summed E-state index contributed by atoms with van der Waals surface area (Å²) in [4.78, 5) is 1.09. The van der Waals surface area contributed by atoms with E-state index < -0.39 is 0 Å². The van der Waals surface area contributed by atoms with Gasteiger partial charge in [0, 0.05) is 16.5 Å². The quantitative estimate of drug-likeness (QED) is 0.912. The molecule has 0 atom stereocenters. The molecule has 18 heavy (non-hydrogen) atoms. The summed E-state index contributed by atoms with van der Waals surface area (Å²) in [5.41, 5.74) is 1.12. The number of aryl methyl sites for hydroxylation is 1. The number of benzene rings is 1. The molecule has 0 aliphatic heterocycles. The highest BCUT2D eigenvalue weighted by molar-refractivity contribution is 8.01. The molecule has 3 nitrogen and oxygen atoms in total. The van der Waals surface area contributed by atoms with E-state index in [9.17, 15) is 0 Å². The molecule has 1 aromatic carbocycles. The minimum absolute atomic E-state index is 0.794. The van der Waals surface area contributed by atoms with Crippen LogP contribution in [0.25, 0.3) is 0 Å². The molecule has 2 aromatic rings. The normalized spacial score (nSPS) is 10.8. The molecule has 0 aliphatic carbocycles. The van der Waals surface area contributed by atoms with Crippen LogP contribution in [0.3, 0.4) is 0 Å². The molecule has 1 heterocycles. The van der Waals surface area contributed by atoms with Gasteiger partial charge in [0.1, 0.15) is 5.01 Å². The van der Waals surface area contributed by atoms with Gasteiger partial charge in [0.05, 0.1) is 0 Å². The molecule has 0 saturated carbocycles. The van der Waals surface area contributed by atoms with Crippen LogP contribution in [0.15, 0.2) is 27.4 Å². The molecule has 0 fully saturated rings. The highest BCUT2D eigenvalue weighted by Crippen LogP contribution is 2.32. The van der Waals surface area contributed by atoms with Crippen molar-refractivity contribution in [3.8, 4) is 0 Å². The summed E-state index contributed by atoms with van der Waals surface area (Å²) >= 11 is 9.44. The molecule has 1 N–H and O–H groups in total. The summed E-state index contributed by atoms with van der Waals surface area (Å²) in [5.74, 6) is 0. The van der Waals surface area contributed by atoms with Crippen LogP contribution in [0, 0.1) is 6.92 Å². The Labute approximate surface area is 120 Å². The predicted molar refractivity (Wildman–Crippen MR) is 77.6 cm³/mol. The number of rotatable bonds is 5. The van der Waals surface area contributed by atoms with Crippen LogP contribution in [0.2, 0.25) is 5.02 Å². The third-order valence-electron chi connectivity index (χ3n) is 2.30. The van der Waals surface area contributed by atoms with Gasteiger partial charge >= 0.3 is 0 Å². The molecule has 0 saturated heterocycles. The summed E-state index contributed by atoms with van der Waals surface area (Å²) in [6.07, 6.45) is 0. The Hall–Kier alpha value is -0.620. The monoisotopic (exact) mass is 299 g/mol. The number of hydrogen-bond donors (Lipinski definition) is 1. The van der Waals surface area contributed by atoms with Gasteiger partial charge in [-0.05, 0) is 31.2 Å². The van der Waals surface area contributed by atoms with Crippen LogP contribution >= 0.6 is 34.7 Å². The van der Waals surface area contributed by atoms with Crippen LogP contribution in [0.1, 0.15) is 17.5 Å². The van der Waals surface area contributed by atoms with E-state index in [0.717, 1.165) is 37.9 Å². The molecular formula is C12H14ClN3S2. The van der Waals surface area contributed by atoms with Crippen molar-refractivity contribution in [1.82, 2.24) is 15.5 Å². The zero-order valence-corrected chi connectivity index (χ0v) is 12.6. The fourth-order valence-corrected chi connectivity index (χ4v) is 3.56. The molecule has 0 spiro atoms. The van der Waals surface area contributed by atoms with Crippen molar-refractivity contribution >= 4 is 34.7 Å². The maximum Gasteiger partial charge on any atom is 0.179 e. The zero-order chi connectivity index (χ0) is 13.0. The van der Waals surface area contributed by atoms with Gasteiger partial charge in [-0.1, -0.05) is 47.7 Å². The van der Waals surface area contributed by atoms with Crippen molar-refractivity contribution in [2.45, 2.75) is 29.6 Å². The lowest BCUT2D eigenvalue weighted by Gasteiger charge is -2.06. The van der Waals surface area contributed by atoms with Crippen LogP contribution in [-0.2, 0) is 6.54 Å². The van der Waals surface area contributed by atoms with E-state index >= 15 is 0 Å². The van der Waals surface area contributed by atoms with Gasteiger partial charge in [-0.25, -0.2) is 0 Å². The number of hydrogen-bond acceptors (Lipinski definition) is 5. The Morgan fingerprint density at radius 1 is 1.39 bits per heavy atom. The van der Waals surface area contributed by atoms with E-state index in [1.54, 1.807) is 23.1 Å². The number of aromatic nitrogens is 2. The van der Waals surface area contributed by atoms with E-state index in [2.05, 4.69) is 34.6 Å². The molecule has 0 radical (unpaired) electrons. The second kappa shape index (κ2) is 6.52. The van der Waals surface area contributed by atoms with Gasteiger partial charge in [0.25, 0.3) is 0 Å². The summed E-state index contributed by atoms with van der Waals surface area (Å²) in [6.45, 7) is 5.78. The van der Waals surface area contributed by atoms with E-state index in [1.165, 1.54) is 0 Å². The fraction of sp³-hybridized carbons (Fsp3) is 0.333. The second-order valence-corrected chi connectivity index (χ2v) is 6.63. The lowest BCUT2D eigenvalue weighted by Crippen LogP contribution is -2.11. The van der Waals surface area contributed by atoms with Crippen molar-refractivity contribution in [2.24, 2.45) is 0 Å². The maximum absolute atomic E-state index is 6.25. The summed E-state index contributed by atoms with van der Waals surface area (Å²) in [5, 5.41) is 13.1. The molecule has 96 valence electrons. The van der Waals surface area contributed by atoms with Gasteiger partial charge in [0.15, 0.2) is 4.34 Å². The molecule has 0 amide bonds. The van der Waals surface area contributed by atoms with Crippen molar-refractivity contribution in [3.05, 3.63) is 33.8 Å². The standard InChI is InChI=1S/C12H14ClN3S2/c1-3-14-7-9-4-5-10(6-11(9)13)18-12-16-15-8(2)17-12/h4-6,14H,3,7H2,1-2H3. The van der Waals surface area contributed by atoms with Gasteiger partial charge in [-0.15, -0.1) is 10.2 Å². The SMILES string of the molecule is CCNCc1ccc(Sc2nnc(C)s2)cc1Cl. The third kappa shape index (κ3) is 3.68. The van der Waals surface area contributed by atoms with Gasteiger partial charge in [-0.3, -0.25) is 0 Å². The van der Waals surface area contributed by atoms with Crippen LogP contribution in [0.4, 0.5) is 0 Å². The molecular weight excluding hydrogens is 286 g/mol. The van der Waals surface area contributed by atoms with E-state index in [0.29, 0.717) is 0 Å². The molecule has 2 rings (SSSR count). The minimum atomic E-state index is 0.794. The zero-order valence-electron chi connectivity index (χ0n) is 10.2. The van der Waals surface area contributed by atoms with Crippen molar-refractivity contribution in [1.29, 1.82) is 0 Å². The van der Waals surface area contributed by atoms with E-state index in [-0.39, 0.29) is 0 Å². The highest BCUT2D eigenvalue weighted by atomic mass is 35.5. The van der Waals surface area contributed by atoms with Crippen molar-refractivity contribution < 1.29 is 0 Å². The average molecular weight is 300 g/mol. The minimum Gasteiger partial charge on any atom is -0.313 e. The number of halogens is 1. The van der Waals surface area contributed by atoms with E-state index in [4.69, 9.17) is 11.6 Å². The Kier molecular flexibility index (Phi) is 5.00. The topological polar surface area (TPSA) is 37.8 Å². The lowest BCUT2D eigenvalue weighted by molar-refractivity contribution is 0.726. The summed E-state index contributed by atoms with van der Waals surface area (Å²) < 4.78 is 0.947. The fourth-order valence-electron chi connectivity index (χ4n) is 1.42. The molecule has 0 aliphatic rings. The molecule has 1 aromatic heterocycles. The van der Waals surface area contributed by atoms with Crippen LogP contribution in [-0.4, -0.2) is 16.7 Å². The summed E-state index contributed by atoms with van der Waals surface area (Å²) in [6, 6.07) is 6.11. The van der Waals surface area contributed by atoms with Gasteiger partial charge < -0.3 is 5.32 Å². The first-order valence-electron chi connectivity index (χ1n) is 5.66. The number of nitrogens with zero attached hydrogens (tertiary/aromatic N) is 2. The Morgan fingerprint density at radius 3 is 2.83 bits per heavy atom. The van der Waals surface area contributed by atoms with Crippen LogP contribution in [0.5, 0.6) is 0 Å². The molecule has 0 unspecified atom stereocenters. The first-order valence-corrected chi connectivity index (χ1v) is 7.67. The molecule has 6 heteroatoms. The molecule has 0 bridgehead atoms. The highest BCUT2D eigenvalue weighted by Gasteiger charge is 2.06. The third-order valence-corrected chi connectivity index (χ3v) is 4.53. The van der Waals surface area contributed by atoms with Crippen molar-refractivity contribution in [3.63, 3.8) is 0 Å². The maximum atomic E-state index is 6.25. The number of nitrogens with one attached hydrogen (secondary N) is 1. The smallest absolute Gasteiger partial charge is 0.179 e. The largest absolute Gasteiger partial charge is 0.313 e. The van der Waals surface area contributed by atoms with Gasteiger partial charge in [-0.2, -0.15) is 0 Å². The summed E-state index contributed by atoms with van der Waals surface area (Å²) in [7, 11) is 0. The average Bonchev–Trinajstić information content (AvgIpc) is 2.74. The van der Waals surface area contributed by atoms with Crippen molar-refractivity contribution in [2.75, 3.05) is 6.54 Å². The predicted octanol–water partition coefficient (Wildman–Crippen LogP) is 3.76. The van der Waals surface area contributed by atoms with Crippen LogP contribution < -0.4 is 5.32 Å². The second-order valence-electron chi connectivity index (χ2n) is 3.72. The first kappa shape index (κ1) is 13.8. The van der Waals surface area contributed by atoms with Gasteiger partial charge in [0.2, 0.25) is 0 Å². The Bertz CT molecular complexity index is 528. The first-order chi connectivity index (χ1) is 8.69. The lowest BCUT2D eigenvalue weighted by atomic mass is 10.2. The Morgan fingerprint density at radius 2 is 2.22 bits per heavy atom. The Balaban J connectivity index is 2.08. The van der Waals surface area contributed by atoms with E-state index in [1.807, 2.05) is 13.0 Å².